The number of likely N-dealkylation sites (tertiary alicyclic amines) is 1. The molecule has 0 aromatic carbocycles. The van der Waals surface area contributed by atoms with E-state index in [9.17, 15) is 9.59 Å². The van der Waals surface area contributed by atoms with Crippen molar-refractivity contribution in [1.29, 1.82) is 0 Å². The molecule has 4 heteroatoms. The van der Waals surface area contributed by atoms with Gasteiger partial charge in [-0.15, -0.1) is 0 Å². The number of piperidine rings is 1. The van der Waals surface area contributed by atoms with Crippen LogP contribution >= 0.6 is 0 Å². The molecule has 1 aliphatic carbocycles. The number of rotatable bonds is 3. The molecule has 0 spiro atoms. The zero-order chi connectivity index (χ0) is 13.0. The molecule has 1 heterocycles. The fourth-order valence-corrected chi connectivity index (χ4v) is 3.15. The van der Waals surface area contributed by atoms with Crippen molar-refractivity contribution in [2.45, 2.75) is 44.6 Å². The first-order valence-corrected chi connectivity index (χ1v) is 7.16. The van der Waals surface area contributed by atoms with Crippen LogP contribution in [0.4, 0.5) is 0 Å². The van der Waals surface area contributed by atoms with Crippen molar-refractivity contribution in [3.8, 4) is 0 Å². The highest BCUT2D eigenvalue weighted by Gasteiger charge is 2.30. The lowest BCUT2D eigenvalue weighted by molar-refractivity contribution is -0.138. The van der Waals surface area contributed by atoms with Gasteiger partial charge in [-0.2, -0.15) is 0 Å². The SMILES string of the molecule is CNC1CCN(C(=O)C2CCC(C=O)CC2)CC1. The molecule has 18 heavy (non-hydrogen) atoms. The molecule has 0 atom stereocenters. The second kappa shape index (κ2) is 6.32. The van der Waals surface area contributed by atoms with E-state index in [1.165, 1.54) is 0 Å². The summed E-state index contributed by atoms with van der Waals surface area (Å²) in [6.07, 6.45) is 6.76. The van der Waals surface area contributed by atoms with Crippen LogP contribution in [-0.2, 0) is 9.59 Å². The average Bonchev–Trinajstić information content (AvgIpc) is 2.47. The van der Waals surface area contributed by atoms with Crippen molar-refractivity contribution in [2.75, 3.05) is 20.1 Å². The molecule has 1 aliphatic heterocycles. The number of aldehydes is 1. The molecule has 2 aliphatic rings. The van der Waals surface area contributed by atoms with Gasteiger partial charge in [0, 0.05) is 31.0 Å². The van der Waals surface area contributed by atoms with Crippen LogP contribution in [0, 0.1) is 11.8 Å². The van der Waals surface area contributed by atoms with E-state index < -0.39 is 0 Å². The molecule has 102 valence electrons. The maximum Gasteiger partial charge on any atom is 0.225 e. The first-order valence-electron chi connectivity index (χ1n) is 7.16. The summed E-state index contributed by atoms with van der Waals surface area (Å²) in [5.74, 6) is 0.699. The fraction of sp³-hybridized carbons (Fsp3) is 0.857. The van der Waals surface area contributed by atoms with E-state index in [0.717, 1.165) is 57.9 Å². The second-order valence-corrected chi connectivity index (χ2v) is 5.64. The van der Waals surface area contributed by atoms with Crippen molar-refractivity contribution < 1.29 is 9.59 Å². The summed E-state index contributed by atoms with van der Waals surface area (Å²) in [6.45, 7) is 1.77. The summed E-state index contributed by atoms with van der Waals surface area (Å²) in [7, 11) is 1.99. The Morgan fingerprint density at radius 2 is 1.72 bits per heavy atom. The highest BCUT2D eigenvalue weighted by Crippen LogP contribution is 2.29. The van der Waals surface area contributed by atoms with E-state index in [4.69, 9.17) is 0 Å². The number of carbonyl (C=O) groups excluding carboxylic acids is 2. The Morgan fingerprint density at radius 1 is 1.11 bits per heavy atom. The van der Waals surface area contributed by atoms with Gasteiger partial charge >= 0.3 is 0 Å². The third-order valence-corrected chi connectivity index (χ3v) is 4.53. The largest absolute Gasteiger partial charge is 0.342 e. The number of hydrogen-bond acceptors (Lipinski definition) is 3. The maximum absolute atomic E-state index is 12.4. The molecule has 0 radical (unpaired) electrons. The summed E-state index contributed by atoms with van der Waals surface area (Å²) >= 11 is 0. The molecule has 0 bridgehead atoms. The van der Waals surface area contributed by atoms with Crippen molar-refractivity contribution in [3.05, 3.63) is 0 Å². The smallest absolute Gasteiger partial charge is 0.225 e. The van der Waals surface area contributed by atoms with Crippen LogP contribution in [0.15, 0.2) is 0 Å². The number of amides is 1. The van der Waals surface area contributed by atoms with Gasteiger partial charge in [0.05, 0.1) is 0 Å². The number of nitrogens with one attached hydrogen (secondary N) is 1. The standard InChI is InChI=1S/C14H24N2O2/c1-15-13-6-8-16(9-7-13)14(18)12-4-2-11(10-17)3-5-12/h10-13,15H,2-9H2,1H3. The molecular weight excluding hydrogens is 228 g/mol. The van der Waals surface area contributed by atoms with Crippen molar-refractivity contribution in [1.82, 2.24) is 10.2 Å². The molecule has 0 aromatic rings. The predicted octanol–water partition coefficient (Wildman–Crippen LogP) is 1.20. The molecular formula is C14H24N2O2. The Kier molecular flexibility index (Phi) is 4.75. The van der Waals surface area contributed by atoms with Gasteiger partial charge in [0.15, 0.2) is 0 Å². The molecule has 1 amide bonds. The Morgan fingerprint density at radius 3 is 2.22 bits per heavy atom. The van der Waals surface area contributed by atoms with E-state index in [1.807, 2.05) is 11.9 Å². The molecule has 2 fully saturated rings. The van der Waals surface area contributed by atoms with Gasteiger partial charge in [-0.25, -0.2) is 0 Å². The topological polar surface area (TPSA) is 49.4 Å². The quantitative estimate of drug-likeness (QED) is 0.768. The van der Waals surface area contributed by atoms with Gasteiger partial charge in [-0.05, 0) is 45.6 Å². The zero-order valence-corrected chi connectivity index (χ0v) is 11.2. The van der Waals surface area contributed by atoms with Crippen molar-refractivity contribution in [2.24, 2.45) is 11.8 Å². The summed E-state index contributed by atoms with van der Waals surface area (Å²) < 4.78 is 0. The second-order valence-electron chi connectivity index (χ2n) is 5.64. The van der Waals surface area contributed by atoms with Crippen LogP contribution in [0.5, 0.6) is 0 Å². The van der Waals surface area contributed by atoms with Gasteiger partial charge in [-0.1, -0.05) is 0 Å². The number of nitrogens with zero attached hydrogens (tertiary/aromatic N) is 1. The first kappa shape index (κ1) is 13.5. The van der Waals surface area contributed by atoms with Gasteiger partial charge in [0.2, 0.25) is 5.91 Å². The Balaban J connectivity index is 1.80. The fourth-order valence-electron chi connectivity index (χ4n) is 3.15. The van der Waals surface area contributed by atoms with Crippen LogP contribution in [0.3, 0.4) is 0 Å². The molecule has 1 N–H and O–H groups in total. The molecule has 2 rings (SSSR count). The van der Waals surface area contributed by atoms with E-state index in [2.05, 4.69) is 5.32 Å². The van der Waals surface area contributed by atoms with Crippen LogP contribution < -0.4 is 5.32 Å². The third-order valence-electron chi connectivity index (χ3n) is 4.53. The van der Waals surface area contributed by atoms with Crippen LogP contribution in [-0.4, -0.2) is 43.3 Å². The van der Waals surface area contributed by atoms with Gasteiger partial charge in [0.25, 0.3) is 0 Å². The number of carbonyl (C=O) groups is 2. The first-order chi connectivity index (χ1) is 8.74. The molecule has 0 aromatic heterocycles. The molecule has 4 nitrogen and oxygen atoms in total. The average molecular weight is 252 g/mol. The van der Waals surface area contributed by atoms with Gasteiger partial charge in [0.1, 0.15) is 6.29 Å². The Labute approximate surface area is 109 Å². The van der Waals surface area contributed by atoms with Crippen LogP contribution in [0.2, 0.25) is 0 Å². The maximum atomic E-state index is 12.4. The van der Waals surface area contributed by atoms with E-state index in [-0.39, 0.29) is 11.8 Å². The van der Waals surface area contributed by atoms with Crippen molar-refractivity contribution >= 4 is 12.2 Å². The molecule has 1 saturated carbocycles. The third kappa shape index (κ3) is 3.10. The highest BCUT2D eigenvalue weighted by atomic mass is 16.2. The lowest BCUT2D eigenvalue weighted by atomic mass is 9.82. The monoisotopic (exact) mass is 252 g/mol. The lowest BCUT2D eigenvalue weighted by Gasteiger charge is -2.35. The van der Waals surface area contributed by atoms with Gasteiger partial charge in [-0.3, -0.25) is 4.79 Å². The zero-order valence-electron chi connectivity index (χ0n) is 11.2. The minimum absolute atomic E-state index is 0.173. The minimum Gasteiger partial charge on any atom is -0.342 e. The summed E-state index contributed by atoms with van der Waals surface area (Å²) in [6, 6.07) is 0.569. The predicted molar refractivity (Wildman–Crippen MR) is 70.2 cm³/mol. The molecule has 0 unspecified atom stereocenters. The normalized spacial score (nSPS) is 30.2. The summed E-state index contributed by atoms with van der Waals surface area (Å²) in [4.78, 5) is 25.1. The summed E-state index contributed by atoms with van der Waals surface area (Å²) in [5, 5.41) is 3.28. The summed E-state index contributed by atoms with van der Waals surface area (Å²) in [5.41, 5.74) is 0. The van der Waals surface area contributed by atoms with Crippen molar-refractivity contribution in [3.63, 3.8) is 0 Å². The number of hydrogen-bond donors (Lipinski definition) is 1. The van der Waals surface area contributed by atoms with E-state index >= 15 is 0 Å². The van der Waals surface area contributed by atoms with E-state index in [1.54, 1.807) is 0 Å². The van der Waals surface area contributed by atoms with E-state index in [0.29, 0.717) is 11.9 Å². The minimum atomic E-state index is 0.173. The van der Waals surface area contributed by atoms with Gasteiger partial charge < -0.3 is 15.0 Å². The lowest BCUT2D eigenvalue weighted by Crippen LogP contribution is -2.46. The van der Waals surface area contributed by atoms with Crippen LogP contribution in [0.1, 0.15) is 38.5 Å². The van der Waals surface area contributed by atoms with Crippen LogP contribution in [0.25, 0.3) is 0 Å². The molecule has 1 saturated heterocycles. The highest BCUT2D eigenvalue weighted by molar-refractivity contribution is 5.79. The Hall–Kier alpha value is -0.900. The Bertz CT molecular complexity index is 290.